The molecule has 0 aliphatic heterocycles. The fourth-order valence-electron chi connectivity index (χ4n) is 1.38. The molecule has 0 radical (unpaired) electrons. The highest BCUT2D eigenvalue weighted by Gasteiger charge is 2.18. The van der Waals surface area contributed by atoms with Gasteiger partial charge in [-0.1, -0.05) is 18.2 Å². The lowest BCUT2D eigenvalue weighted by Gasteiger charge is -2.05. The van der Waals surface area contributed by atoms with Crippen molar-refractivity contribution in [3.8, 4) is 0 Å². The van der Waals surface area contributed by atoms with E-state index in [1.807, 2.05) is 0 Å². The van der Waals surface area contributed by atoms with Crippen LogP contribution in [0.25, 0.3) is 0 Å². The lowest BCUT2D eigenvalue weighted by Crippen LogP contribution is -2.26. The molecule has 1 rings (SSSR count). The quantitative estimate of drug-likeness (QED) is 0.281. The second-order valence-corrected chi connectivity index (χ2v) is 3.95. The van der Waals surface area contributed by atoms with Gasteiger partial charge in [0.15, 0.2) is 5.57 Å². The minimum atomic E-state index is -0.928. The molecule has 0 bridgehead atoms. The van der Waals surface area contributed by atoms with Gasteiger partial charge in [-0.2, -0.15) is 5.10 Å². The Labute approximate surface area is 125 Å². The average Bonchev–Trinajstić information content (AvgIpc) is 2.50. The van der Waals surface area contributed by atoms with E-state index in [2.05, 4.69) is 20.6 Å². The van der Waals surface area contributed by atoms with Crippen molar-refractivity contribution >= 4 is 23.4 Å². The number of para-hydroxylation sites is 1. The van der Waals surface area contributed by atoms with Gasteiger partial charge in [0, 0.05) is 5.69 Å². The predicted octanol–water partition coefficient (Wildman–Crippen LogP) is 1.52. The van der Waals surface area contributed by atoms with Crippen molar-refractivity contribution in [1.82, 2.24) is 5.43 Å². The molecular formula is C13H14N4O5. The molecule has 1 aromatic carbocycles. The van der Waals surface area contributed by atoms with Crippen LogP contribution in [0.5, 0.6) is 0 Å². The van der Waals surface area contributed by atoms with Crippen molar-refractivity contribution in [2.75, 3.05) is 12.4 Å². The van der Waals surface area contributed by atoms with Gasteiger partial charge in [0.05, 0.1) is 17.7 Å². The summed E-state index contributed by atoms with van der Waals surface area (Å²) in [6.07, 6.45) is 0.460. The van der Waals surface area contributed by atoms with Gasteiger partial charge in [-0.25, -0.2) is 15.0 Å². The van der Waals surface area contributed by atoms with Crippen molar-refractivity contribution in [3.63, 3.8) is 0 Å². The van der Waals surface area contributed by atoms with Crippen molar-refractivity contribution in [2.24, 2.45) is 5.10 Å². The fraction of sp³-hybridized carbons (Fsp3) is 0.154. The van der Waals surface area contributed by atoms with Crippen LogP contribution in [0.2, 0.25) is 0 Å². The first-order valence-corrected chi connectivity index (χ1v) is 6.04. The number of hydrogen-bond donors (Lipinski definition) is 2. The van der Waals surface area contributed by atoms with Gasteiger partial charge < -0.3 is 10.1 Å². The summed E-state index contributed by atoms with van der Waals surface area (Å²) in [6.45, 7) is 1.33. The van der Waals surface area contributed by atoms with Crippen molar-refractivity contribution < 1.29 is 19.2 Å². The summed E-state index contributed by atoms with van der Waals surface area (Å²) in [5.74, 6) is -0.928. The maximum absolute atomic E-state index is 11.6. The smallest absolute Gasteiger partial charge is 0.346 e. The Kier molecular flexibility index (Phi) is 6.23. The minimum absolute atomic E-state index is 0.0632. The minimum Gasteiger partial charge on any atom is -0.465 e. The van der Waals surface area contributed by atoms with E-state index in [9.17, 15) is 19.7 Å². The Morgan fingerprint density at radius 1 is 1.32 bits per heavy atom. The highest BCUT2D eigenvalue weighted by molar-refractivity contribution is 6.18. The molecule has 9 nitrogen and oxygen atoms in total. The number of carbonyl (C=O) groups excluding carboxylic acids is 2. The molecule has 0 aliphatic rings. The number of nitrogens with zero attached hydrogens (tertiary/aromatic N) is 2. The van der Waals surface area contributed by atoms with Crippen LogP contribution < -0.4 is 10.7 Å². The number of urea groups is 1. The molecule has 0 atom stereocenters. The Balaban J connectivity index is 2.76. The van der Waals surface area contributed by atoms with Crippen molar-refractivity contribution in [2.45, 2.75) is 6.92 Å². The zero-order chi connectivity index (χ0) is 16.5. The number of carbonyl (C=O) groups is 2. The van der Waals surface area contributed by atoms with E-state index in [1.54, 1.807) is 30.3 Å². The van der Waals surface area contributed by atoms with E-state index in [4.69, 9.17) is 0 Å². The van der Waals surface area contributed by atoms with Gasteiger partial charge in [-0.05, 0) is 19.1 Å². The van der Waals surface area contributed by atoms with E-state index < -0.39 is 16.9 Å². The van der Waals surface area contributed by atoms with Crippen LogP contribution in [0, 0.1) is 10.1 Å². The van der Waals surface area contributed by atoms with Gasteiger partial charge in [0.1, 0.15) is 0 Å². The summed E-state index contributed by atoms with van der Waals surface area (Å²) in [7, 11) is 1.08. The number of methoxy groups -OCH3 is 1. The lowest BCUT2D eigenvalue weighted by molar-refractivity contribution is -0.402. The number of hydrazone groups is 1. The highest BCUT2D eigenvalue weighted by atomic mass is 16.6. The van der Waals surface area contributed by atoms with Gasteiger partial charge in [-0.3, -0.25) is 10.1 Å². The van der Waals surface area contributed by atoms with E-state index in [-0.39, 0.29) is 11.3 Å². The summed E-state index contributed by atoms with van der Waals surface area (Å²) in [4.78, 5) is 32.7. The van der Waals surface area contributed by atoms with Gasteiger partial charge >= 0.3 is 12.0 Å². The Morgan fingerprint density at radius 2 is 1.95 bits per heavy atom. The van der Waals surface area contributed by atoms with Gasteiger partial charge in [0.2, 0.25) is 0 Å². The van der Waals surface area contributed by atoms with E-state index in [1.165, 1.54) is 6.92 Å². The largest absolute Gasteiger partial charge is 0.465 e. The standard InChI is InChI=1S/C13H14N4O5/c1-9(11(8-17(20)21)12(18)22-2)15-16-13(19)14-10-6-4-3-5-7-10/h3-8H,1-2H3,(H2,14,16,19)/b11-8+,15-9+. The van der Waals surface area contributed by atoms with Gasteiger partial charge in [0.25, 0.3) is 6.20 Å². The third-order valence-electron chi connectivity index (χ3n) is 2.39. The first-order valence-electron chi connectivity index (χ1n) is 6.04. The fourth-order valence-corrected chi connectivity index (χ4v) is 1.38. The van der Waals surface area contributed by atoms with Crippen LogP contribution in [0.1, 0.15) is 6.92 Å². The molecule has 0 fully saturated rings. The summed E-state index contributed by atoms with van der Waals surface area (Å²) in [6, 6.07) is 7.94. The molecule has 0 heterocycles. The molecule has 0 saturated carbocycles. The lowest BCUT2D eigenvalue weighted by atomic mass is 10.2. The van der Waals surface area contributed by atoms with Crippen LogP contribution in [0.4, 0.5) is 10.5 Å². The molecule has 0 saturated heterocycles. The molecule has 0 aromatic heterocycles. The number of ether oxygens (including phenoxy) is 1. The van der Waals surface area contributed by atoms with Crippen LogP contribution in [-0.4, -0.2) is 29.7 Å². The highest BCUT2D eigenvalue weighted by Crippen LogP contribution is 2.05. The predicted molar refractivity (Wildman–Crippen MR) is 78.8 cm³/mol. The number of nitro groups is 1. The number of anilines is 1. The third kappa shape index (κ3) is 5.41. The molecule has 22 heavy (non-hydrogen) atoms. The molecular weight excluding hydrogens is 292 g/mol. The number of nitrogens with one attached hydrogen (secondary N) is 2. The van der Waals surface area contributed by atoms with Crippen LogP contribution in [-0.2, 0) is 9.53 Å². The second-order valence-electron chi connectivity index (χ2n) is 3.95. The maximum Gasteiger partial charge on any atom is 0.346 e. The Morgan fingerprint density at radius 3 is 2.50 bits per heavy atom. The molecule has 0 spiro atoms. The summed E-state index contributed by atoms with van der Waals surface area (Å²) < 4.78 is 4.42. The summed E-state index contributed by atoms with van der Waals surface area (Å²) in [5, 5.41) is 16.6. The topological polar surface area (TPSA) is 123 Å². The molecule has 116 valence electrons. The molecule has 2 amide bonds. The van der Waals surface area contributed by atoms with E-state index in [0.29, 0.717) is 11.9 Å². The Bertz CT molecular complexity index is 625. The molecule has 1 aromatic rings. The SMILES string of the molecule is COC(=O)C(=C/[N+](=O)[O-])/C(C)=N/NC(=O)Nc1ccccc1. The Hall–Kier alpha value is -3.23. The molecule has 0 aliphatic carbocycles. The number of hydrogen-bond acceptors (Lipinski definition) is 6. The molecule has 9 heteroatoms. The van der Waals surface area contributed by atoms with Crippen LogP contribution in [0.3, 0.4) is 0 Å². The number of esters is 1. The third-order valence-corrected chi connectivity index (χ3v) is 2.39. The van der Waals surface area contributed by atoms with E-state index in [0.717, 1.165) is 7.11 Å². The van der Waals surface area contributed by atoms with E-state index >= 15 is 0 Å². The van der Waals surface area contributed by atoms with Crippen LogP contribution in [0.15, 0.2) is 47.2 Å². The van der Waals surface area contributed by atoms with Gasteiger partial charge in [-0.15, -0.1) is 0 Å². The molecule has 0 unspecified atom stereocenters. The number of benzene rings is 1. The first-order chi connectivity index (χ1) is 10.4. The second kappa shape index (κ2) is 8.15. The normalized spacial score (nSPS) is 11.5. The zero-order valence-corrected chi connectivity index (χ0v) is 11.9. The number of amides is 2. The van der Waals surface area contributed by atoms with Crippen LogP contribution >= 0.6 is 0 Å². The average molecular weight is 306 g/mol. The summed E-state index contributed by atoms with van der Waals surface area (Å²) in [5.41, 5.74) is 2.24. The van der Waals surface area contributed by atoms with Crippen molar-refractivity contribution in [3.05, 3.63) is 52.2 Å². The zero-order valence-electron chi connectivity index (χ0n) is 11.9. The number of rotatable bonds is 5. The monoisotopic (exact) mass is 306 g/mol. The molecule has 2 N–H and O–H groups in total. The van der Waals surface area contributed by atoms with Crippen molar-refractivity contribution in [1.29, 1.82) is 0 Å². The first kappa shape index (κ1) is 16.8. The summed E-state index contributed by atoms with van der Waals surface area (Å²) >= 11 is 0. The maximum atomic E-state index is 11.6.